The van der Waals surface area contributed by atoms with E-state index in [1.807, 2.05) is 42.7 Å². The molecular weight excluding hydrogens is 550 g/mol. The average molecular weight is 584 g/mol. The summed E-state index contributed by atoms with van der Waals surface area (Å²) < 4.78 is 22.8. The first-order valence-electron chi connectivity index (χ1n) is 12.8. The van der Waals surface area contributed by atoms with Gasteiger partial charge < -0.3 is 24.7 Å². The molecule has 212 valence electrons. The van der Waals surface area contributed by atoms with Crippen LogP contribution in [0.15, 0.2) is 54.6 Å². The van der Waals surface area contributed by atoms with Crippen LogP contribution in [0.3, 0.4) is 0 Å². The third-order valence-electron chi connectivity index (χ3n) is 6.55. The topological polar surface area (TPSA) is 114 Å². The summed E-state index contributed by atoms with van der Waals surface area (Å²) in [5, 5.41) is -0.438. The van der Waals surface area contributed by atoms with Crippen LogP contribution in [0.1, 0.15) is 48.4 Å². The number of ether oxygens (including phenoxy) is 4. The Balaban J connectivity index is 1.66. The predicted molar refractivity (Wildman–Crippen MR) is 156 cm³/mol. The van der Waals surface area contributed by atoms with E-state index in [0.717, 1.165) is 32.8 Å². The normalized spacial score (nSPS) is 22.4. The van der Waals surface area contributed by atoms with Crippen molar-refractivity contribution in [2.45, 2.75) is 64.0 Å². The molecule has 1 fully saturated rings. The first-order valence-corrected chi connectivity index (χ1v) is 14.9. The number of aryl methyl sites for hydroxylation is 1. The van der Waals surface area contributed by atoms with Gasteiger partial charge in [0.2, 0.25) is 12.4 Å². The number of carbonyl (C=O) groups is 3. The Morgan fingerprint density at radius 2 is 1.62 bits per heavy atom. The third kappa shape index (κ3) is 7.04. The summed E-state index contributed by atoms with van der Waals surface area (Å²) in [6.45, 7) is 5.83. The van der Waals surface area contributed by atoms with Crippen molar-refractivity contribution in [3.05, 3.63) is 76.2 Å². The quantitative estimate of drug-likeness (QED) is 0.210. The Kier molecular flexibility index (Phi) is 9.55. The maximum Gasteiger partial charge on any atom is 0.305 e. The molecule has 0 bridgehead atoms. The van der Waals surface area contributed by atoms with Crippen LogP contribution in [0.2, 0.25) is 0 Å². The molecule has 0 amide bonds. The highest BCUT2D eigenvalue weighted by Gasteiger charge is 2.51. The summed E-state index contributed by atoms with van der Waals surface area (Å²) in [6, 6.07) is 18.1. The lowest BCUT2D eigenvalue weighted by molar-refractivity contribution is -0.266. The number of thioether (sulfide) groups is 1. The van der Waals surface area contributed by atoms with E-state index >= 15 is 0 Å². The summed E-state index contributed by atoms with van der Waals surface area (Å²) in [7, 11) is 0. The van der Waals surface area contributed by atoms with E-state index in [-0.39, 0.29) is 0 Å². The molecule has 8 nitrogen and oxygen atoms in total. The molecule has 3 aromatic rings. The van der Waals surface area contributed by atoms with Gasteiger partial charge in [0.25, 0.3) is 0 Å². The van der Waals surface area contributed by atoms with Crippen LogP contribution in [0.4, 0.5) is 5.69 Å². The van der Waals surface area contributed by atoms with Gasteiger partial charge in [0.15, 0.2) is 6.10 Å². The molecule has 5 atom stereocenters. The zero-order valence-corrected chi connectivity index (χ0v) is 24.7. The number of thiophene rings is 1. The van der Waals surface area contributed by atoms with E-state index in [0.29, 0.717) is 6.42 Å². The number of rotatable bonds is 8. The fourth-order valence-electron chi connectivity index (χ4n) is 4.80. The fourth-order valence-corrected chi connectivity index (χ4v) is 6.78. The molecule has 40 heavy (non-hydrogen) atoms. The lowest BCUT2D eigenvalue weighted by Crippen LogP contribution is -2.57. The summed E-state index contributed by atoms with van der Waals surface area (Å²) in [4.78, 5) is 38.2. The van der Waals surface area contributed by atoms with Crippen LogP contribution < -0.4 is 5.73 Å². The lowest BCUT2D eigenvalue weighted by atomic mass is 9.92. The monoisotopic (exact) mass is 583 g/mol. The van der Waals surface area contributed by atoms with Crippen molar-refractivity contribution >= 4 is 46.7 Å². The predicted octanol–water partition coefficient (Wildman–Crippen LogP) is 5.45. The number of nitrogens with two attached hydrogens (primary N) is 1. The van der Waals surface area contributed by atoms with E-state index in [1.165, 1.54) is 37.4 Å². The third-order valence-corrected chi connectivity index (χ3v) is 8.75. The van der Waals surface area contributed by atoms with Gasteiger partial charge in [-0.15, -0.1) is 11.3 Å². The highest BCUT2D eigenvalue weighted by atomic mass is 32.2. The average Bonchev–Trinajstić information content (AvgIpc) is 3.35. The second-order valence-electron chi connectivity index (χ2n) is 9.64. The van der Waals surface area contributed by atoms with E-state index < -0.39 is 47.8 Å². The van der Waals surface area contributed by atoms with Crippen LogP contribution in [0.5, 0.6) is 0 Å². The molecule has 0 aliphatic carbocycles. The van der Waals surface area contributed by atoms with E-state index in [1.54, 1.807) is 11.3 Å². The van der Waals surface area contributed by atoms with Crippen molar-refractivity contribution in [2.24, 2.45) is 0 Å². The number of nitrogen functional groups attached to an aromatic ring is 1. The fraction of sp³-hybridized carbons (Fsp3) is 0.367. The van der Waals surface area contributed by atoms with Gasteiger partial charge in [-0.1, -0.05) is 30.3 Å². The molecular formula is C30H33NO7S2. The highest BCUT2D eigenvalue weighted by Crippen LogP contribution is 2.42. The van der Waals surface area contributed by atoms with Crippen molar-refractivity contribution in [1.29, 1.82) is 0 Å². The van der Waals surface area contributed by atoms with Crippen LogP contribution in [0.25, 0.3) is 10.4 Å². The molecule has 1 aliphatic rings. The number of benzene rings is 2. The zero-order chi connectivity index (χ0) is 29.0. The molecule has 2 aromatic carbocycles. The Bertz CT molecular complexity index is 1390. The summed E-state index contributed by atoms with van der Waals surface area (Å²) in [5.74, 6) is -1.75. The molecule has 2 N–H and O–H groups in total. The molecule has 4 rings (SSSR count). The largest absolute Gasteiger partial charge is 0.457 e. The maximum atomic E-state index is 12.1. The summed E-state index contributed by atoms with van der Waals surface area (Å²) >= 11 is 3.14. The molecule has 0 radical (unpaired) electrons. The van der Waals surface area contributed by atoms with E-state index in [2.05, 4.69) is 25.1 Å². The second kappa shape index (κ2) is 12.9. The van der Waals surface area contributed by atoms with Gasteiger partial charge in [0, 0.05) is 42.6 Å². The van der Waals surface area contributed by atoms with Crippen LogP contribution in [-0.2, 0) is 39.8 Å². The van der Waals surface area contributed by atoms with Crippen LogP contribution in [0, 0.1) is 6.92 Å². The van der Waals surface area contributed by atoms with Crippen LogP contribution in [-0.4, -0.2) is 47.9 Å². The van der Waals surface area contributed by atoms with Crippen molar-refractivity contribution in [3.8, 4) is 10.4 Å². The van der Waals surface area contributed by atoms with E-state index in [4.69, 9.17) is 24.7 Å². The van der Waals surface area contributed by atoms with Gasteiger partial charge in [-0.05, 0) is 59.7 Å². The van der Waals surface area contributed by atoms with Crippen molar-refractivity contribution in [3.63, 3.8) is 0 Å². The molecule has 5 unspecified atom stereocenters. The molecule has 1 aromatic heterocycles. The Hall–Kier alpha value is -3.34. The second-order valence-corrected chi connectivity index (χ2v) is 11.8. The van der Waals surface area contributed by atoms with Gasteiger partial charge in [0.05, 0.1) is 5.25 Å². The smallest absolute Gasteiger partial charge is 0.305 e. The minimum absolute atomic E-state index is 0.438. The first-order chi connectivity index (χ1) is 19.0. The number of carbonyl (C=O) groups excluding carboxylic acids is 3. The van der Waals surface area contributed by atoms with Gasteiger partial charge >= 0.3 is 17.9 Å². The minimum atomic E-state index is -1.25. The van der Waals surface area contributed by atoms with Crippen LogP contribution >= 0.6 is 23.1 Å². The number of anilines is 1. The zero-order valence-electron chi connectivity index (χ0n) is 23.0. The van der Waals surface area contributed by atoms with Gasteiger partial charge in [-0.3, -0.25) is 14.4 Å². The SMILES string of the molecule is CSC1C(c2ccc(C)c(Cc3ccc(-c4cccc(N)c4)s3)c2)OC(OC(C)=O)C(OC(C)=O)C1OC(C)=O. The molecule has 10 heteroatoms. The van der Waals surface area contributed by atoms with Crippen molar-refractivity contribution in [1.82, 2.24) is 0 Å². The highest BCUT2D eigenvalue weighted by molar-refractivity contribution is 7.99. The lowest BCUT2D eigenvalue weighted by Gasteiger charge is -2.44. The minimum Gasteiger partial charge on any atom is -0.457 e. The van der Waals surface area contributed by atoms with Crippen molar-refractivity contribution in [2.75, 3.05) is 12.0 Å². The summed E-state index contributed by atoms with van der Waals surface area (Å²) in [5.41, 5.74) is 10.8. The molecule has 0 spiro atoms. The number of esters is 3. The molecule has 1 aliphatic heterocycles. The summed E-state index contributed by atoms with van der Waals surface area (Å²) in [6.07, 6.45) is -1.29. The first kappa shape index (κ1) is 29.6. The van der Waals surface area contributed by atoms with Gasteiger partial charge in [0.1, 0.15) is 6.10 Å². The molecule has 0 saturated carbocycles. The maximum absolute atomic E-state index is 12.1. The van der Waals surface area contributed by atoms with Gasteiger partial charge in [-0.25, -0.2) is 0 Å². The van der Waals surface area contributed by atoms with Crippen molar-refractivity contribution < 1.29 is 33.3 Å². The molecule has 2 heterocycles. The Morgan fingerprint density at radius 1 is 0.925 bits per heavy atom. The van der Waals surface area contributed by atoms with E-state index in [9.17, 15) is 14.4 Å². The standard InChI is InChI=1S/C30H33NO7S2/c1-16-9-10-21(13-22(16)15-24-11-12-25(40-24)20-7-6-8-23(31)14-20)26-29(39-5)27(35-17(2)32)28(36-18(3)33)30(38-26)37-19(4)34/h6-14,26-30H,15,31H2,1-5H3. The Morgan fingerprint density at radius 3 is 2.27 bits per heavy atom. The Labute approximate surface area is 242 Å². The number of hydrogen-bond acceptors (Lipinski definition) is 10. The number of hydrogen-bond donors (Lipinski definition) is 1. The molecule has 1 saturated heterocycles. The van der Waals surface area contributed by atoms with Gasteiger partial charge in [-0.2, -0.15) is 11.8 Å².